The molecular weight excluding hydrogens is 855 g/mol. The minimum atomic E-state index is -0.462. The summed E-state index contributed by atoms with van der Waals surface area (Å²) in [6.45, 7) is 4.74. The third-order valence-corrected chi connectivity index (χ3v) is 15.9. The van der Waals surface area contributed by atoms with Crippen LogP contribution in [0.3, 0.4) is 0 Å². The maximum atomic E-state index is 2.48. The van der Waals surface area contributed by atoms with E-state index in [0.717, 1.165) is 17.1 Å². The molecule has 3 aliphatic rings. The van der Waals surface area contributed by atoms with Crippen molar-refractivity contribution in [1.29, 1.82) is 0 Å². The topological polar surface area (TPSA) is 3.24 Å². The van der Waals surface area contributed by atoms with Gasteiger partial charge in [-0.1, -0.05) is 238 Å². The quantitative estimate of drug-likeness (QED) is 0.154. The first-order valence-electron chi connectivity index (χ1n) is 24.9. The molecule has 0 aliphatic heterocycles. The lowest BCUT2D eigenvalue weighted by atomic mass is 9.70. The van der Waals surface area contributed by atoms with Crippen LogP contribution in [0, 0.1) is 0 Å². The van der Waals surface area contributed by atoms with Gasteiger partial charge >= 0.3 is 0 Å². The molecule has 1 atom stereocenters. The molecule has 0 N–H and O–H groups in total. The number of anilines is 3. The van der Waals surface area contributed by atoms with Gasteiger partial charge in [-0.3, -0.25) is 0 Å². The minimum Gasteiger partial charge on any atom is -0.310 e. The third-order valence-electron chi connectivity index (χ3n) is 15.9. The summed E-state index contributed by atoms with van der Waals surface area (Å²) in [6, 6.07) is 97.2. The highest BCUT2D eigenvalue weighted by Crippen LogP contribution is 2.65. The Hall–Kier alpha value is -8.78. The van der Waals surface area contributed by atoms with Crippen molar-refractivity contribution < 1.29 is 0 Å². The van der Waals surface area contributed by atoms with Crippen LogP contribution in [0.1, 0.15) is 47.2 Å². The number of rotatable bonds is 7. The minimum absolute atomic E-state index is 0.151. The van der Waals surface area contributed by atoms with Gasteiger partial charge in [-0.25, -0.2) is 0 Å². The number of benzene rings is 11. The summed E-state index contributed by atoms with van der Waals surface area (Å²) in [5, 5.41) is 0. The zero-order valence-electron chi connectivity index (χ0n) is 39.8. The Bertz CT molecular complexity index is 3880. The van der Waals surface area contributed by atoms with E-state index in [0.29, 0.717) is 0 Å². The van der Waals surface area contributed by atoms with E-state index in [2.05, 4.69) is 280 Å². The zero-order valence-corrected chi connectivity index (χ0v) is 39.8. The highest BCUT2D eigenvalue weighted by Gasteiger charge is 2.52. The molecule has 1 spiro atoms. The zero-order chi connectivity index (χ0) is 47.3. The lowest BCUT2D eigenvalue weighted by molar-refractivity contribution is 0.660. The molecule has 0 saturated carbocycles. The molecule has 3 aliphatic carbocycles. The molecule has 0 aromatic heterocycles. The average Bonchev–Trinajstić information content (AvgIpc) is 4.02. The molecule has 0 fully saturated rings. The molecular formula is C70H49N. The second-order valence-corrected chi connectivity index (χ2v) is 19.9. The van der Waals surface area contributed by atoms with Crippen molar-refractivity contribution in [2.45, 2.75) is 24.7 Å². The van der Waals surface area contributed by atoms with Gasteiger partial charge in [0, 0.05) is 22.4 Å². The van der Waals surface area contributed by atoms with E-state index in [1.165, 1.54) is 111 Å². The molecule has 0 radical (unpaired) electrons. The highest BCUT2D eigenvalue weighted by atomic mass is 15.1. The predicted octanol–water partition coefficient (Wildman–Crippen LogP) is 18.5. The SMILES string of the molecule is CC1(C)c2ccccc2-c2ccc(N(c3ccc(-c4cccc5c4-c4ccccc4[C@]54c5ccccc5-c5c(-c6ccccc6)cccc54)cc3)c3ccc(-c4ccccc4)cc3-c3ccccc3)cc21. The Balaban J connectivity index is 0.954. The molecule has 11 aromatic rings. The van der Waals surface area contributed by atoms with Crippen LogP contribution in [0.5, 0.6) is 0 Å². The van der Waals surface area contributed by atoms with Gasteiger partial charge in [-0.2, -0.15) is 0 Å². The van der Waals surface area contributed by atoms with Crippen LogP contribution in [0.4, 0.5) is 17.1 Å². The summed E-state index contributed by atoms with van der Waals surface area (Å²) in [6.07, 6.45) is 0. The Morgan fingerprint density at radius 1 is 0.254 bits per heavy atom. The van der Waals surface area contributed by atoms with Crippen LogP contribution in [0.15, 0.2) is 261 Å². The lowest BCUT2D eigenvalue weighted by Gasteiger charge is -2.31. The van der Waals surface area contributed by atoms with E-state index >= 15 is 0 Å². The molecule has 11 aromatic carbocycles. The molecule has 71 heavy (non-hydrogen) atoms. The van der Waals surface area contributed by atoms with Crippen LogP contribution in [0.2, 0.25) is 0 Å². The van der Waals surface area contributed by atoms with Gasteiger partial charge in [-0.15, -0.1) is 0 Å². The van der Waals surface area contributed by atoms with Gasteiger partial charge in [0.2, 0.25) is 0 Å². The fourth-order valence-corrected chi connectivity index (χ4v) is 12.8. The van der Waals surface area contributed by atoms with Gasteiger partial charge in [0.05, 0.1) is 11.1 Å². The Labute approximate surface area is 416 Å². The first-order chi connectivity index (χ1) is 35.0. The van der Waals surface area contributed by atoms with Crippen molar-refractivity contribution in [2.75, 3.05) is 4.90 Å². The van der Waals surface area contributed by atoms with Gasteiger partial charge in [0.25, 0.3) is 0 Å². The van der Waals surface area contributed by atoms with E-state index in [9.17, 15) is 0 Å². The van der Waals surface area contributed by atoms with E-state index in [1.807, 2.05) is 0 Å². The number of hydrogen-bond donors (Lipinski definition) is 0. The van der Waals surface area contributed by atoms with E-state index in [1.54, 1.807) is 0 Å². The molecule has 1 nitrogen and oxygen atoms in total. The molecule has 0 heterocycles. The largest absolute Gasteiger partial charge is 0.310 e. The van der Waals surface area contributed by atoms with E-state index < -0.39 is 5.41 Å². The summed E-state index contributed by atoms with van der Waals surface area (Å²) < 4.78 is 0. The Kier molecular flexibility index (Phi) is 9.22. The monoisotopic (exact) mass is 903 g/mol. The van der Waals surface area contributed by atoms with Crippen molar-refractivity contribution in [2.24, 2.45) is 0 Å². The first kappa shape index (κ1) is 41.2. The lowest BCUT2D eigenvalue weighted by Crippen LogP contribution is -2.25. The smallest absolute Gasteiger partial charge is 0.0725 e. The van der Waals surface area contributed by atoms with Crippen LogP contribution < -0.4 is 4.90 Å². The molecule has 14 rings (SSSR count). The molecule has 0 unspecified atom stereocenters. The first-order valence-corrected chi connectivity index (χ1v) is 24.9. The normalized spacial score (nSPS) is 15.1. The van der Waals surface area contributed by atoms with Gasteiger partial charge in [-0.05, 0) is 142 Å². The van der Waals surface area contributed by atoms with Crippen LogP contribution in [-0.2, 0) is 10.8 Å². The third kappa shape index (κ3) is 6.06. The van der Waals surface area contributed by atoms with Crippen LogP contribution >= 0.6 is 0 Å². The van der Waals surface area contributed by atoms with Crippen molar-refractivity contribution in [1.82, 2.24) is 0 Å². The molecule has 0 bridgehead atoms. The predicted molar refractivity (Wildman–Crippen MR) is 297 cm³/mol. The number of hydrogen-bond acceptors (Lipinski definition) is 1. The fourth-order valence-electron chi connectivity index (χ4n) is 12.8. The fraction of sp³-hybridized carbons (Fsp3) is 0.0571. The maximum Gasteiger partial charge on any atom is 0.0725 e. The summed E-state index contributed by atoms with van der Waals surface area (Å²) in [5.41, 5.74) is 28.4. The summed E-state index contributed by atoms with van der Waals surface area (Å²) in [7, 11) is 0. The molecule has 0 amide bonds. The number of fused-ring (bicyclic) bond motifs is 13. The van der Waals surface area contributed by atoms with Crippen LogP contribution in [0.25, 0.3) is 77.9 Å². The maximum absolute atomic E-state index is 2.48. The van der Waals surface area contributed by atoms with E-state index in [-0.39, 0.29) is 5.41 Å². The second-order valence-electron chi connectivity index (χ2n) is 19.9. The molecule has 334 valence electrons. The van der Waals surface area contributed by atoms with Gasteiger partial charge < -0.3 is 4.90 Å². The van der Waals surface area contributed by atoms with Crippen molar-refractivity contribution in [3.8, 4) is 77.9 Å². The standard InChI is InChI=1S/C70H49N/c1-69(2)60-31-15-12-26-55(60)56-42-41-52(45-65(56)69)71(66-43-38-50(46-20-6-3-7-21-46)44-59(66)48-24-10-5-11-25-48)51-39-36-49(37-40-51)54-30-19-35-64-68(54)58-28-14-17-33-62(58)70(64)61-32-16-13-27-57(61)67-53(29-18-34-63(67)70)47-22-8-4-9-23-47/h3-45H,1-2H3/t70-/m0/s1. The molecule has 0 saturated heterocycles. The highest BCUT2D eigenvalue weighted by molar-refractivity contribution is 6.03. The van der Waals surface area contributed by atoms with Gasteiger partial charge in [0.1, 0.15) is 0 Å². The number of nitrogens with zero attached hydrogens (tertiary/aromatic N) is 1. The Morgan fingerprint density at radius 3 is 1.27 bits per heavy atom. The average molecular weight is 904 g/mol. The van der Waals surface area contributed by atoms with Crippen LogP contribution in [-0.4, -0.2) is 0 Å². The van der Waals surface area contributed by atoms with E-state index in [4.69, 9.17) is 0 Å². The summed E-state index contributed by atoms with van der Waals surface area (Å²) in [5.74, 6) is 0. The Morgan fingerprint density at radius 2 is 0.676 bits per heavy atom. The van der Waals surface area contributed by atoms with Crippen molar-refractivity contribution in [3.05, 3.63) is 294 Å². The second kappa shape index (κ2) is 15.9. The summed E-state index contributed by atoms with van der Waals surface area (Å²) in [4.78, 5) is 2.48. The van der Waals surface area contributed by atoms with Gasteiger partial charge in [0.15, 0.2) is 0 Å². The van der Waals surface area contributed by atoms with Crippen molar-refractivity contribution in [3.63, 3.8) is 0 Å². The molecule has 1 heteroatoms. The van der Waals surface area contributed by atoms with Crippen molar-refractivity contribution >= 4 is 17.1 Å². The summed E-state index contributed by atoms with van der Waals surface area (Å²) >= 11 is 0.